The van der Waals surface area contributed by atoms with E-state index in [2.05, 4.69) is 6.07 Å². The number of benzene rings is 1. The number of hydrogen-bond donors (Lipinski definition) is 0. The number of ether oxygens (including phenoxy) is 2. The van der Waals surface area contributed by atoms with Gasteiger partial charge in [0, 0.05) is 11.3 Å². The number of rotatable bonds is 5. The molecule has 1 aromatic carbocycles. The Bertz CT molecular complexity index is 966. The summed E-state index contributed by atoms with van der Waals surface area (Å²) in [5.74, 6) is 0.327. The summed E-state index contributed by atoms with van der Waals surface area (Å²) in [4.78, 5) is 12.4. The van der Waals surface area contributed by atoms with Crippen molar-refractivity contribution in [3.63, 3.8) is 0 Å². The standard InChI is InChI=1S/C20H20N2O3/c1-4-24-20(23)19-15-7-5-6-8-16(15)22-12-14(9-10-17(19)22)25-18(11-21)13(2)3/h5-10,12-13,18H,4H2,1-3H3. The number of para-hydroxylation sites is 1. The van der Waals surface area contributed by atoms with Gasteiger partial charge in [-0.05, 0) is 25.1 Å². The number of carbonyl (C=O) groups excluding carboxylic acids is 1. The van der Waals surface area contributed by atoms with Gasteiger partial charge in [0.15, 0.2) is 6.10 Å². The molecule has 0 saturated heterocycles. The summed E-state index contributed by atoms with van der Waals surface area (Å²) in [6, 6.07) is 13.4. The van der Waals surface area contributed by atoms with E-state index in [0.717, 1.165) is 16.4 Å². The van der Waals surface area contributed by atoms with Crippen molar-refractivity contribution in [2.24, 2.45) is 5.92 Å². The molecule has 3 aromatic rings. The maximum Gasteiger partial charge on any atom is 0.340 e. The second-order valence-corrected chi connectivity index (χ2v) is 6.14. The normalized spacial score (nSPS) is 12.3. The van der Waals surface area contributed by atoms with E-state index in [1.54, 1.807) is 13.0 Å². The Morgan fingerprint density at radius 3 is 2.64 bits per heavy atom. The van der Waals surface area contributed by atoms with Crippen LogP contribution in [0.4, 0.5) is 0 Å². The number of esters is 1. The molecule has 0 N–H and O–H groups in total. The smallest absolute Gasteiger partial charge is 0.340 e. The van der Waals surface area contributed by atoms with Crippen molar-refractivity contribution in [1.82, 2.24) is 4.40 Å². The molecule has 0 bridgehead atoms. The highest BCUT2D eigenvalue weighted by Gasteiger charge is 2.20. The maximum absolute atomic E-state index is 12.4. The van der Waals surface area contributed by atoms with Crippen LogP contribution in [0, 0.1) is 17.2 Å². The average Bonchev–Trinajstić information content (AvgIpc) is 2.93. The van der Waals surface area contributed by atoms with Crippen LogP contribution < -0.4 is 4.74 Å². The molecular formula is C20H20N2O3. The molecule has 5 heteroatoms. The van der Waals surface area contributed by atoms with Gasteiger partial charge < -0.3 is 13.9 Å². The fraction of sp³-hybridized carbons (Fsp3) is 0.300. The molecule has 2 heterocycles. The number of carbonyl (C=O) groups is 1. The molecule has 25 heavy (non-hydrogen) atoms. The summed E-state index contributed by atoms with van der Waals surface area (Å²) in [5, 5.41) is 10.1. The van der Waals surface area contributed by atoms with Crippen LogP contribution in [-0.4, -0.2) is 23.1 Å². The van der Waals surface area contributed by atoms with Gasteiger partial charge in [0.2, 0.25) is 0 Å². The summed E-state index contributed by atoms with van der Waals surface area (Å²) >= 11 is 0. The van der Waals surface area contributed by atoms with Crippen LogP contribution in [0.1, 0.15) is 31.1 Å². The Hall–Kier alpha value is -3.00. The average molecular weight is 336 g/mol. The van der Waals surface area contributed by atoms with Gasteiger partial charge in [-0.15, -0.1) is 0 Å². The third kappa shape index (κ3) is 3.03. The summed E-state index contributed by atoms with van der Waals surface area (Å²) in [6.45, 7) is 5.99. The summed E-state index contributed by atoms with van der Waals surface area (Å²) in [7, 11) is 0. The van der Waals surface area contributed by atoms with Gasteiger partial charge in [-0.25, -0.2) is 4.79 Å². The number of nitrogens with zero attached hydrogens (tertiary/aromatic N) is 2. The van der Waals surface area contributed by atoms with Gasteiger partial charge >= 0.3 is 5.97 Å². The molecule has 1 unspecified atom stereocenters. The third-order valence-electron chi connectivity index (χ3n) is 4.09. The molecule has 0 spiro atoms. The van der Waals surface area contributed by atoms with Crippen molar-refractivity contribution in [3.8, 4) is 11.8 Å². The van der Waals surface area contributed by atoms with E-state index in [-0.39, 0.29) is 11.9 Å². The second-order valence-electron chi connectivity index (χ2n) is 6.14. The predicted molar refractivity (Wildman–Crippen MR) is 95.7 cm³/mol. The Labute approximate surface area is 146 Å². The molecule has 0 fully saturated rings. The Kier molecular flexibility index (Phi) is 4.62. The zero-order valence-electron chi connectivity index (χ0n) is 14.5. The van der Waals surface area contributed by atoms with E-state index >= 15 is 0 Å². The molecule has 0 aliphatic carbocycles. The maximum atomic E-state index is 12.4. The van der Waals surface area contributed by atoms with Crippen molar-refractivity contribution in [2.75, 3.05) is 6.61 Å². The molecule has 0 amide bonds. The minimum absolute atomic E-state index is 0.0807. The highest BCUT2D eigenvalue weighted by Crippen LogP contribution is 2.29. The predicted octanol–water partition coefficient (Wildman–Crippen LogP) is 4.20. The molecular weight excluding hydrogens is 316 g/mol. The van der Waals surface area contributed by atoms with Crippen LogP contribution in [0.25, 0.3) is 16.4 Å². The lowest BCUT2D eigenvalue weighted by Crippen LogP contribution is -2.20. The van der Waals surface area contributed by atoms with Gasteiger partial charge in [-0.1, -0.05) is 32.0 Å². The van der Waals surface area contributed by atoms with Gasteiger partial charge in [0.1, 0.15) is 11.8 Å². The highest BCUT2D eigenvalue weighted by atomic mass is 16.5. The van der Waals surface area contributed by atoms with Crippen LogP contribution in [0.15, 0.2) is 42.6 Å². The van der Waals surface area contributed by atoms with Crippen molar-refractivity contribution < 1.29 is 14.3 Å². The van der Waals surface area contributed by atoms with Crippen LogP contribution in [0.5, 0.6) is 5.75 Å². The lowest BCUT2D eigenvalue weighted by atomic mass is 10.1. The molecule has 3 rings (SSSR count). The van der Waals surface area contributed by atoms with E-state index in [0.29, 0.717) is 17.9 Å². The molecule has 0 aliphatic rings. The minimum atomic E-state index is -0.524. The van der Waals surface area contributed by atoms with Crippen molar-refractivity contribution in [3.05, 3.63) is 48.2 Å². The van der Waals surface area contributed by atoms with Crippen molar-refractivity contribution >= 4 is 22.4 Å². The third-order valence-corrected chi connectivity index (χ3v) is 4.09. The first-order valence-electron chi connectivity index (χ1n) is 8.33. The zero-order chi connectivity index (χ0) is 18.0. The van der Waals surface area contributed by atoms with E-state index < -0.39 is 6.10 Å². The summed E-state index contributed by atoms with van der Waals surface area (Å²) in [5.41, 5.74) is 2.19. The van der Waals surface area contributed by atoms with E-state index in [1.165, 1.54) is 0 Å². The fourth-order valence-electron chi connectivity index (χ4n) is 2.86. The zero-order valence-corrected chi connectivity index (χ0v) is 14.5. The number of pyridine rings is 1. The molecule has 2 aromatic heterocycles. The molecule has 128 valence electrons. The lowest BCUT2D eigenvalue weighted by molar-refractivity contribution is 0.0531. The molecule has 0 radical (unpaired) electrons. The number of fused-ring (bicyclic) bond motifs is 3. The number of aromatic nitrogens is 1. The van der Waals surface area contributed by atoms with Gasteiger partial charge in [-0.3, -0.25) is 0 Å². The Morgan fingerprint density at radius 2 is 1.96 bits per heavy atom. The highest BCUT2D eigenvalue weighted by molar-refractivity contribution is 6.11. The van der Waals surface area contributed by atoms with Gasteiger partial charge in [0.25, 0.3) is 0 Å². The van der Waals surface area contributed by atoms with Crippen LogP contribution >= 0.6 is 0 Å². The topological polar surface area (TPSA) is 63.7 Å². The molecule has 5 nitrogen and oxygen atoms in total. The summed E-state index contributed by atoms with van der Waals surface area (Å²) in [6.07, 6.45) is 1.29. The minimum Gasteiger partial charge on any atom is -0.474 e. The van der Waals surface area contributed by atoms with Crippen LogP contribution in [-0.2, 0) is 4.74 Å². The first kappa shape index (κ1) is 16.8. The summed E-state index contributed by atoms with van der Waals surface area (Å²) < 4.78 is 12.9. The lowest BCUT2D eigenvalue weighted by Gasteiger charge is -2.15. The second kappa shape index (κ2) is 6.86. The molecule has 0 aliphatic heterocycles. The van der Waals surface area contributed by atoms with E-state index in [4.69, 9.17) is 9.47 Å². The quantitative estimate of drug-likeness (QED) is 0.655. The Morgan fingerprint density at radius 1 is 1.20 bits per heavy atom. The van der Waals surface area contributed by atoms with Gasteiger partial charge in [-0.2, -0.15) is 5.26 Å². The first-order valence-corrected chi connectivity index (χ1v) is 8.33. The number of hydrogen-bond acceptors (Lipinski definition) is 4. The largest absolute Gasteiger partial charge is 0.474 e. The first-order chi connectivity index (χ1) is 12.1. The number of nitriles is 1. The van der Waals surface area contributed by atoms with Crippen molar-refractivity contribution in [1.29, 1.82) is 5.26 Å². The Balaban J connectivity index is 2.16. The van der Waals surface area contributed by atoms with E-state index in [1.807, 2.05) is 54.8 Å². The fourth-order valence-corrected chi connectivity index (χ4v) is 2.86. The molecule has 1 atom stereocenters. The van der Waals surface area contributed by atoms with Crippen LogP contribution in [0.2, 0.25) is 0 Å². The molecule has 0 saturated carbocycles. The van der Waals surface area contributed by atoms with Crippen molar-refractivity contribution in [2.45, 2.75) is 26.9 Å². The monoisotopic (exact) mass is 336 g/mol. The van der Waals surface area contributed by atoms with E-state index in [9.17, 15) is 10.1 Å². The van der Waals surface area contributed by atoms with Crippen LogP contribution in [0.3, 0.4) is 0 Å². The SMILES string of the molecule is CCOC(=O)c1c2ccccc2n2cc(OC(C#N)C(C)C)ccc12. The van der Waals surface area contributed by atoms with Gasteiger partial charge in [0.05, 0.1) is 29.4 Å².